The molecule has 0 spiro atoms. The van der Waals surface area contributed by atoms with E-state index in [0.29, 0.717) is 16.9 Å². The van der Waals surface area contributed by atoms with Crippen molar-refractivity contribution in [2.24, 2.45) is 0 Å². The number of ketones is 2. The highest BCUT2D eigenvalue weighted by Crippen LogP contribution is 2.47. The number of halogens is 3. The quantitative estimate of drug-likeness (QED) is 0.544. The van der Waals surface area contributed by atoms with Crippen LogP contribution >= 0.6 is 57.9 Å². The molecule has 98 valence electrons. The Bertz CT molecular complexity index is 529. The molecule has 0 aliphatic carbocycles. The van der Waals surface area contributed by atoms with Crippen LogP contribution in [-0.4, -0.2) is 20.1 Å². The summed E-state index contributed by atoms with van der Waals surface area (Å²) in [6.07, 6.45) is 0.447. The zero-order valence-corrected chi connectivity index (χ0v) is 13.5. The lowest BCUT2D eigenvalue weighted by Crippen LogP contribution is -2.24. The molecule has 0 bridgehead atoms. The molecule has 18 heavy (non-hydrogen) atoms. The largest absolute Gasteiger partial charge is 0.294 e. The van der Waals surface area contributed by atoms with Crippen LogP contribution in [-0.2, 0) is 0 Å². The van der Waals surface area contributed by atoms with Gasteiger partial charge in [0.25, 0.3) is 3.79 Å². The van der Waals surface area contributed by atoms with E-state index in [-0.39, 0.29) is 10.5 Å². The summed E-state index contributed by atoms with van der Waals surface area (Å²) in [5.74, 6) is -0.550. The Morgan fingerprint density at radius 2 is 2.00 bits per heavy atom. The van der Waals surface area contributed by atoms with Crippen molar-refractivity contribution in [3.8, 4) is 0 Å². The zero-order valence-electron chi connectivity index (χ0n) is 9.55. The summed E-state index contributed by atoms with van der Waals surface area (Å²) in [6.45, 7) is 3.99. The first-order valence-electron chi connectivity index (χ1n) is 5.08. The van der Waals surface area contributed by atoms with Crippen LogP contribution in [0.4, 0.5) is 0 Å². The first-order valence-corrected chi connectivity index (χ1v) is 7.84. The second kappa shape index (κ2) is 4.67. The number of Topliss-reactive ketones (excluding diaryl/α,β-unsaturated/α-hetero) is 2. The number of carbonyl (C=O) groups excluding carboxylic acids is 2. The van der Waals surface area contributed by atoms with E-state index in [0.717, 1.165) is 4.21 Å². The Kier molecular flexibility index (Phi) is 3.80. The number of thioether (sulfide) groups is 1. The second-order valence-corrected chi connectivity index (χ2v) is 9.91. The number of rotatable bonds is 1. The summed E-state index contributed by atoms with van der Waals surface area (Å²) < 4.78 is -1.31. The van der Waals surface area contributed by atoms with Gasteiger partial charge >= 0.3 is 0 Å². The fourth-order valence-corrected chi connectivity index (χ4v) is 5.14. The van der Waals surface area contributed by atoms with E-state index in [9.17, 15) is 9.59 Å². The van der Waals surface area contributed by atoms with Gasteiger partial charge in [-0.25, -0.2) is 0 Å². The molecule has 0 saturated carbocycles. The van der Waals surface area contributed by atoms with Crippen molar-refractivity contribution >= 4 is 69.5 Å². The van der Waals surface area contributed by atoms with Gasteiger partial charge in [-0.2, -0.15) is 0 Å². The lowest BCUT2D eigenvalue weighted by Gasteiger charge is -2.26. The van der Waals surface area contributed by atoms with Crippen LogP contribution in [0.1, 0.15) is 40.3 Å². The topological polar surface area (TPSA) is 34.1 Å². The summed E-state index contributed by atoms with van der Waals surface area (Å²) in [6, 6.07) is 1.54. The highest BCUT2D eigenvalue weighted by Gasteiger charge is 2.38. The minimum Gasteiger partial charge on any atom is -0.294 e. The molecule has 2 heterocycles. The molecule has 1 aliphatic rings. The van der Waals surface area contributed by atoms with Crippen molar-refractivity contribution in [3.05, 3.63) is 16.5 Å². The van der Waals surface area contributed by atoms with Gasteiger partial charge in [-0.3, -0.25) is 9.59 Å². The maximum atomic E-state index is 12.0. The van der Waals surface area contributed by atoms with Crippen molar-refractivity contribution in [2.75, 3.05) is 0 Å². The fraction of sp³-hybridized carbons (Fsp3) is 0.455. The first kappa shape index (κ1) is 14.7. The van der Waals surface area contributed by atoms with E-state index < -0.39 is 9.58 Å². The van der Waals surface area contributed by atoms with E-state index in [1.807, 2.05) is 13.8 Å². The van der Waals surface area contributed by atoms with Gasteiger partial charge in [0.15, 0.2) is 5.78 Å². The van der Waals surface area contributed by atoms with Gasteiger partial charge in [-0.1, -0.05) is 34.8 Å². The molecule has 0 amide bonds. The summed E-state index contributed by atoms with van der Waals surface area (Å²) >= 11 is 19.5. The van der Waals surface area contributed by atoms with E-state index in [1.165, 1.54) is 17.4 Å². The van der Waals surface area contributed by atoms with Crippen LogP contribution in [0.3, 0.4) is 0 Å². The van der Waals surface area contributed by atoms with Crippen LogP contribution in [0.15, 0.2) is 10.3 Å². The average molecular weight is 344 g/mol. The zero-order chi connectivity index (χ0) is 13.7. The number of fused-ring (bicyclic) bond motifs is 1. The van der Waals surface area contributed by atoms with Crippen LogP contribution in [0.5, 0.6) is 0 Å². The molecule has 1 aliphatic heterocycles. The predicted octanol–water partition coefficient (Wildman–Crippen LogP) is 4.76. The van der Waals surface area contributed by atoms with Gasteiger partial charge in [0.05, 0.1) is 9.09 Å². The molecule has 0 atom stereocenters. The van der Waals surface area contributed by atoms with Gasteiger partial charge in [-0.05, 0) is 19.9 Å². The Labute approximate surface area is 128 Å². The smallest absolute Gasteiger partial charge is 0.254 e. The molecule has 1 aromatic rings. The Morgan fingerprint density at radius 1 is 1.39 bits per heavy atom. The monoisotopic (exact) mass is 342 g/mol. The number of hydrogen-bond donors (Lipinski definition) is 0. The van der Waals surface area contributed by atoms with Crippen molar-refractivity contribution in [1.82, 2.24) is 0 Å². The average Bonchev–Trinajstić information content (AvgIpc) is 2.56. The minimum atomic E-state index is -1.98. The Morgan fingerprint density at radius 3 is 2.56 bits per heavy atom. The first-order chi connectivity index (χ1) is 8.10. The molecule has 0 radical (unpaired) electrons. The third-order valence-electron chi connectivity index (χ3n) is 2.43. The summed E-state index contributed by atoms with van der Waals surface area (Å²) in [5, 5.41) is 0. The van der Waals surface area contributed by atoms with Crippen molar-refractivity contribution in [1.29, 1.82) is 0 Å². The maximum Gasteiger partial charge on any atom is 0.254 e. The molecule has 2 rings (SSSR count). The normalized spacial score (nSPS) is 18.6. The van der Waals surface area contributed by atoms with E-state index >= 15 is 0 Å². The molecule has 0 aromatic carbocycles. The predicted molar refractivity (Wildman–Crippen MR) is 77.8 cm³/mol. The van der Waals surface area contributed by atoms with Crippen LogP contribution in [0.25, 0.3) is 0 Å². The third-order valence-corrected chi connectivity index (χ3v) is 5.48. The number of carbonyl (C=O) groups is 2. The van der Waals surface area contributed by atoms with E-state index in [1.54, 1.807) is 11.8 Å². The highest BCUT2D eigenvalue weighted by atomic mass is 35.6. The van der Waals surface area contributed by atoms with Gasteiger partial charge in [0, 0.05) is 16.7 Å². The lowest BCUT2D eigenvalue weighted by molar-refractivity contribution is 0.0968. The minimum absolute atomic E-state index is 0.0355. The van der Waals surface area contributed by atoms with Gasteiger partial charge < -0.3 is 0 Å². The third kappa shape index (κ3) is 2.88. The fourth-order valence-electron chi connectivity index (χ4n) is 1.66. The molecule has 2 nitrogen and oxygen atoms in total. The van der Waals surface area contributed by atoms with Crippen LogP contribution in [0.2, 0.25) is 0 Å². The van der Waals surface area contributed by atoms with Crippen molar-refractivity contribution in [2.45, 2.75) is 33.0 Å². The van der Waals surface area contributed by atoms with E-state index in [4.69, 9.17) is 34.8 Å². The summed E-state index contributed by atoms with van der Waals surface area (Å²) in [4.78, 5) is 24.1. The molecule has 7 heteroatoms. The molecular formula is C11H9Cl3O2S2. The second-order valence-electron chi connectivity index (χ2n) is 4.60. The van der Waals surface area contributed by atoms with E-state index in [2.05, 4.69) is 0 Å². The summed E-state index contributed by atoms with van der Waals surface area (Å²) in [5.41, 5.74) is 0.571. The molecule has 0 unspecified atom stereocenters. The van der Waals surface area contributed by atoms with Crippen molar-refractivity contribution in [3.63, 3.8) is 0 Å². The van der Waals surface area contributed by atoms with Crippen LogP contribution < -0.4 is 0 Å². The Hall–Kier alpha value is 0.260. The van der Waals surface area contributed by atoms with Crippen LogP contribution in [0, 0.1) is 0 Å². The van der Waals surface area contributed by atoms with Crippen molar-refractivity contribution < 1.29 is 9.59 Å². The molecule has 0 saturated heterocycles. The molecule has 0 N–H and O–H groups in total. The standard InChI is InChI=1S/C11H9Cl3O2S2/c1-10(2)4-6(15)5-3-7(17-9(5)18-10)8(16)11(12,13)14/h3H,4H2,1-2H3. The maximum absolute atomic E-state index is 12.0. The van der Waals surface area contributed by atoms with Gasteiger partial charge in [0.1, 0.15) is 0 Å². The Balaban J connectivity index is 2.41. The summed E-state index contributed by atoms with van der Waals surface area (Å²) in [7, 11) is 0. The number of alkyl halides is 3. The lowest BCUT2D eigenvalue weighted by atomic mass is 10.0. The van der Waals surface area contributed by atoms with Gasteiger partial charge in [0.2, 0.25) is 5.78 Å². The molecule has 1 aromatic heterocycles. The number of thiophene rings is 1. The number of hydrogen-bond acceptors (Lipinski definition) is 4. The SMILES string of the molecule is CC1(C)CC(=O)c2cc(C(=O)C(Cl)(Cl)Cl)sc2S1. The highest BCUT2D eigenvalue weighted by molar-refractivity contribution is 8.02. The molecular weight excluding hydrogens is 335 g/mol. The van der Waals surface area contributed by atoms with Gasteiger partial charge in [-0.15, -0.1) is 23.1 Å². The molecule has 0 fully saturated rings.